The first kappa shape index (κ1) is 9.76. The van der Waals surface area contributed by atoms with Gasteiger partial charge in [0, 0.05) is 0 Å². The molecule has 26 valence electrons. The average molecular weight is 124 g/mol. The molecule has 0 aromatic carbocycles. The van der Waals surface area contributed by atoms with Crippen LogP contribution in [0.1, 0.15) is 2.85 Å². The van der Waals surface area contributed by atoms with Crippen LogP contribution in [0.25, 0.3) is 0 Å². The van der Waals surface area contributed by atoms with Crippen molar-refractivity contribution in [2.24, 2.45) is 0 Å². The summed E-state index contributed by atoms with van der Waals surface area (Å²) in [6.45, 7) is 0. The Labute approximate surface area is 63.6 Å². The van der Waals surface area contributed by atoms with Gasteiger partial charge in [0.1, 0.15) is 0 Å². The van der Waals surface area contributed by atoms with Gasteiger partial charge in [0.2, 0.25) is 0 Å². The molecule has 0 rings (SSSR count). The predicted octanol–water partition coefficient (Wildman–Crippen LogP) is -0.966. The molecule has 0 aliphatic heterocycles. The van der Waals surface area contributed by atoms with Crippen molar-refractivity contribution in [3.05, 3.63) is 0 Å². The smallest absolute Gasteiger partial charge is 0.328 e. The average Bonchev–Trinajstić information content (AvgIpc) is 0.811. The minimum absolute atomic E-state index is 0. The zero-order chi connectivity index (χ0) is 3.58. The normalized spacial score (nSPS) is 7.20. The van der Waals surface area contributed by atoms with E-state index < -0.39 is 8.60 Å². The topological polar surface area (TPSA) is 60.7 Å². The zero-order valence-corrected chi connectivity index (χ0v) is 5.60. The third kappa shape index (κ3) is 28.8. The summed E-state index contributed by atoms with van der Waals surface area (Å²) in [5.74, 6) is 0. The molecule has 0 unspecified atom stereocenters. The van der Waals surface area contributed by atoms with E-state index in [-0.39, 0.29) is 40.6 Å². The summed E-state index contributed by atoms with van der Waals surface area (Å²) < 4.78 is 0. The van der Waals surface area contributed by atoms with Crippen LogP contribution in [0.4, 0.5) is 0 Å². The van der Waals surface area contributed by atoms with Crippen molar-refractivity contribution in [3.8, 4) is 0 Å². The molecule has 0 saturated heterocycles. The molecule has 0 amide bonds. The van der Waals surface area contributed by atoms with Gasteiger partial charge in [0.15, 0.2) is 0 Å². The second kappa shape index (κ2) is 5.57. The van der Waals surface area contributed by atoms with E-state index in [1.54, 1.807) is 0 Å². The molecule has 0 bridgehead atoms. The van der Waals surface area contributed by atoms with E-state index in [1.807, 2.05) is 0 Å². The maximum Gasteiger partial charge on any atom is 2.00 e. The van der Waals surface area contributed by atoms with Crippen LogP contribution in [0.2, 0.25) is 0 Å². The quantitative estimate of drug-likeness (QED) is 0.288. The Hall–Kier alpha value is 1.57. The van der Waals surface area contributed by atoms with Gasteiger partial charge in [0.05, 0.1) is 0 Å². The Balaban J connectivity index is -0.0000000150. The first-order valence-corrected chi connectivity index (χ1v) is 1.80. The Morgan fingerprint density at radius 1 is 1.20 bits per heavy atom. The van der Waals surface area contributed by atoms with Crippen molar-refractivity contribution in [2.45, 2.75) is 0 Å². The van der Waals surface area contributed by atoms with Gasteiger partial charge in [-0.2, -0.15) is 0 Å². The SMILES string of the molecule is OP(O)O.[Ca+2].[H+].[H+]. The van der Waals surface area contributed by atoms with E-state index in [0.29, 0.717) is 0 Å². The minimum Gasteiger partial charge on any atom is -0.328 e. The monoisotopic (exact) mass is 124 g/mol. The van der Waals surface area contributed by atoms with E-state index in [4.69, 9.17) is 14.7 Å². The summed E-state index contributed by atoms with van der Waals surface area (Å²) in [5, 5.41) is 0. The summed E-state index contributed by atoms with van der Waals surface area (Å²) in [4.78, 5) is 21.7. The van der Waals surface area contributed by atoms with Crippen LogP contribution >= 0.6 is 8.60 Å². The van der Waals surface area contributed by atoms with Gasteiger partial charge in [-0.25, -0.2) is 0 Å². The molecule has 0 saturated carbocycles. The summed E-state index contributed by atoms with van der Waals surface area (Å²) in [5.41, 5.74) is 0. The maximum absolute atomic E-state index is 7.23. The fourth-order valence-electron chi connectivity index (χ4n) is 0. The van der Waals surface area contributed by atoms with Crippen LogP contribution in [0.5, 0.6) is 0 Å². The maximum atomic E-state index is 7.23. The molecule has 3 N–H and O–H groups in total. The first-order valence-electron chi connectivity index (χ1n) is 0.600. The third-order valence-electron chi connectivity index (χ3n) is 0. The van der Waals surface area contributed by atoms with Crippen molar-refractivity contribution in [3.63, 3.8) is 0 Å². The Morgan fingerprint density at radius 2 is 1.20 bits per heavy atom. The van der Waals surface area contributed by atoms with Crippen LogP contribution in [0, 0.1) is 0 Å². The molecular weight excluding hydrogens is 119 g/mol. The molecule has 0 fully saturated rings. The standard InChI is InChI=1S/Ca.H3O3P/c;1-4(2)3/h;1-3H/q+2;/p+2. The first-order chi connectivity index (χ1) is 1.73. The Morgan fingerprint density at radius 3 is 1.20 bits per heavy atom. The van der Waals surface area contributed by atoms with Gasteiger partial charge in [-0.3, -0.25) is 0 Å². The zero-order valence-electron chi connectivity index (χ0n) is 4.50. The molecule has 0 aromatic rings. The van der Waals surface area contributed by atoms with Crippen LogP contribution in [-0.2, 0) is 0 Å². The second-order valence-electron chi connectivity index (χ2n) is 0.268. The molecular formula is H5CaO3P+4. The van der Waals surface area contributed by atoms with Crippen molar-refractivity contribution in [2.75, 3.05) is 0 Å². The molecule has 5 heteroatoms. The number of rotatable bonds is 0. The minimum atomic E-state index is -2.62. The van der Waals surface area contributed by atoms with Crippen molar-refractivity contribution in [1.29, 1.82) is 0 Å². The molecule has 0 aliphatic rings. The summed E-state index contributed by atoms with van der Waals surface area (Å²) >= 11 is 0. The molecule has 0 radical (unpaired) electrons. The van der Waals surface area contributed by atoms with Gasteiger partial charge in [-0.15, -0.1) is 0 Å². The van der Waals surface area contributed by atoms with Crippen molar-refractivity contribution >= 4 is 46.3 Å². The Bertz CT molecular complexity index is 17.7. The van der Waals surface area contributed by atoms with Crippen LogP contribution in [-0.4, -0.2) is 52.4 Å². The predicted molar refractivity (Wildman–Crippen MR) is 21.6 cm³/mol. The van der Waals surface area contributed by atoms with Crippen molar-refractivity contribution < 1.29 is 17.5 Å². The molecule has 3 nitrogen and oxygen atoms in total. The Kier molecular flexibility index (Phi) is 10.9. The molecule has 0 spiro atoms. The van der Waals surface area contributed by atoms with Crippen LogP contribution in [0.15, 0.2) is 0 Å². The summed E-state index contributed by atoms with van der Waals surface area (Å²) in [6, 6.07) is 0. The molecule has 0 heterocycles. The van der Waals surface area contributed by atoms with Gasteiger partial charge in [0.25, 0.3) is 0 Å². The summed E-state index contributed by atoms with van der Waals surface area (Å²) in [7, 11) is -2.62. The largest absolute Gasteiger partial charge is 2.00 e. The van der Waals surface area contributed by atoms with Crippen LogP contribution < -0.4 is 0 Å². The van der Waals surface area contributed by atoms with E-state index in [9.17, 15) is 0 Å². The third-order valence-corrected chi connectivity index (χ3v) is 0. The second-order valence-corrected chi connectivity index (χ2v) is 0.805. The fourth-order valence-corrected chi connectivity index (χ4v) is 0. The number of hydrogen-bond acceptors (Lipinski definition) is 3. The molecule has 5 heavy (non-hydrogen) atoms. The molecule has 0 aromatic heterocycles. The molecule has 0 aliphatic carbocycles. The number of hydrogen-bond donors (Lipinski definition) is 3. The van der Waals surface area contributed by atoms with Crippen LogP contribution in [0.3, 0.4) is 0 Å². The van der Waals surface area contributed by atoms with E-state index in [2.05, 4.69) is 0 Å². The van der Waals surface area contributed by atoms with Gasteiger partial charge >= 0.3 is 49.2 Å². The van der Waals surface area contributed by atoms with E-state index in [1.165, 1.54) is 0 Å². The summed E-state index contributed by atoms with van der Waals surface area (Å²) in [6.07, 6.45) is 0. The van der Waals surface area contributed by atoms with E-state index >= 15 is 0 Å². The van der Waals surface area contributed by atoms with Gasteiger partial charge in [-0.1, -0.05) is 0 Å². The van der Waals surface area contributed by atoms with Gasteiger partial charge < -0.3 is 14.7 Å². The fraction of sp³-hybridized carbons (Fsp3) is 0. The van der Waals surface area contributed by atoms with E-state index in [0.717, 1.165) is 0 Å². The molecule has 0 atom stereocenters. The van der Waals surface area contributed by atoms with Gasteiger partial charge in [-0.05, 0) is 0 Å². The van der Waals surface area contributed by atoms with Crippen molar-refractivity contribution in [1.82, 2.24) is 0 Å².